The molecule has 1 radical (unpaired) electrons. The molecule has 0 saturated heterocycles. The lowest BCUT2D eigenvalue weighted by Crippen LogP contribution is -2.34. The van der Waals surface area contributed by atoms with Crippen molar-refractivity contribution in [3.05, 3.63) is 107 Å². The number of fused-ring (bicyclic) bond motifs is 1. The van der Waals surface area contributed by atoms with Gasteiger partial charge < -0.3 is 10.0 Å². The number of carbonyl (C=O) groups is 1. The maximum Gasteiger partial charge on any atom is 0.328 e. The molecule has 0 aliphatic carbocycles. The van der Waals surface area contributed by atoms with E-state index < -0.39 is 5.97 Å². The first-order chi connectivity index (χ1) is 18.4. The largest absolute Gasteiger partial charge is 0.481 e. The number of hydrogen-bond acceptors (Lipinski definition) is 5. The summed E-state index contributed by atoms with van der Waals surface area (Å²) in [5.41, 5.74) is 9.24. The van der Waals surface area contributed by atoms with Crippen LogP contribution in [0.3, 0.4) is 0 Å². The molecule has 8 nitrogen and oxygen atoms in total. The molecular weight excluding hydrogens is 498 g/mol. The van der Waals surface area contributed by atoms with Gasteiger partial charge in [-0.1, -0.05) is 48.5 Å². The normalized spacial score (nSPS) is 14.8. The van der Waals surface area contributed by atoms with Crippen molar-refractivity contribution in [3.8, 4) is 5.69 Å². The predicted octanol–water partition coefficient (Wildman–Crippen LogP) is 5.03. The summed E-state index contributed by atoms with van der Waals surface area (Å²) in [6.45, 7) is 5.11. The summed E-state index contributed by atoms with van der Waals surface area (Å²) in [7, 11) is 1.93. The second-order valence-electron chi connectivity index (χ2n) is 9.59. The van der Waals surface area contributed by atoms with Crippen LogP contribution in [0.5, 0.6) is 0 Å². The van der Waals surface area contributed by atoms with Gasteiger partial charge in [0.25, 0.3) is 0 Å². The number of hydrogen-bond donors (Lipinski definition) is 3. The number of rotatable bonds is 9. The molecule has 1 unspecified atom stereocenters. The molecule has 5 rings (SSSR count). The van der Waals surface area contributed by atoms with E-state index in [1.165, 1.54) is 5.56 Å². The Bertz CT molecular complexity index is 1500. The van der Waals surface area contributed by atoms with Crippen LogP contribution in [0.2, 0.25) is 0 Å². The molecule has 0 fully saturated rings. The lowest BCUT2D eigenvalue weighted by Gasteiger charge is -2.35. The molecule has 3 aromatic carbocycles. The zero-order valence-corrected chi connectivity index (χ0v) is 22.2. The number of aromatic amines is 1. The monoisotopic (exact) mass is 529 g/mol. The number of H-pyrrole nitrogens is 1. The molecule has 9 heteroatoms. The summed E-state index contributed by atoms with van der Waals surface area (Å²) in [6, 6.07) is 24.4. The minimum absolute atomic E-state index is 0.0425. The van der Waals surface area contributed by atoms with Gasteiger partial charge in [0.1, 0.15) is 5.69 Å². The molecule has 0 spiro atoms. The van der Waals surface area contributed by atoms with Gasteiger partial charge in [0, 0.05) is 25.2 Å². The number of carboxylic acid groups (broad SMARTS) is 1. The Kier molecular flexibility index (Phi) is 7.57. The number of nitrogens with one attached hydrogen (secondary N) is 2. The Morgan fingerprint density at radius 1 is 1.13 bits per heavy atom. The molecule has 38 heavy (non-hydrogen) atoms. The topological polar surface area (TPSA) is 86.4 Å². The Morgan fingerprint density at radius 3 is 2.68 bits per heavy atom. The van der Waals surface area contributed by atoms with E-state index in [1.54, 1.807) is 0 Å². The predicted molar refractivity (Wildman–Crippen MR) is 148 cm³/mol. The summed E-state index contributed by atoms with van der Waals surface area (Å²) >= 11 is 5.46. The minimum atomic E-state index is -0.780. The highest BCUT2D eigenvalue weighted by molar-refractivity contribution is 7.71. The van der Waals surface area contributed by atoms with Crippen LogP contribution >= 0.6 is 12.2 Å². The van der Waals surface area contributed by atoms with E-state index in [2.05, 4.69) is 46.3 Å². The van der Waals surface area contributed by atoms with E-state index in [0.717, 1.165) is 34.0 Å². The van der Waals surface area contributed by atoms with Crippen LogP contribution in [-0.2, 0) is 36.3 Å². The Morgan fingerprint density at radius 2 is 1.95 bits per heavy atom. The quantitative estimate of drug-likeness (QED) is 0.160. The van der Waals surface area contributed by atoms with Crippen molar-refractivity contribution in [2.24, 2.45) is 13.0 Å². The number of carboxylic acids is 1. The molecule has 1 aromatic heterocycles. The number of anilines is 2. The van der Waals surface area contributed by atoms with Crippen LogP contribution in [0.4, 0.5) is 11.4 Å². The molecule has 3 N–H and O–H groups in total. The zero-order valence-electron chi connectivity index (χ0n) is 21.4. The second-order valence-corrected chi connectivity index (χ2v) is 9.97. The van der Waals surface area contributed by atoms with Crippen LogP contribution in [0.1, 0.15) is 28.9 Å². The average Bonchev–Trinajstić information content (AvgIpc) is 3.15. The van der Waals surface area contributed by atoms with Crippen molar-refractivity contribution in [1.29, 1.82) is 0 Å². The van der Waals surface area contributed by atoms with Crippen molar-refractivity contribution < 1.29 is 19.3 Å². The van der Waals surface area contributed by atoms with E-state index >= 15 is 0 Å². The van der Waals surface area contributed by atoms with E-state index in [0.29, 0.717) is 24.3 Å². The molecule has 1 aliphatic heterocycles. The lowest BCUT2D eigenvalue weighted by atomic mass is 9.89. The third kappa shape index (κ3) is 5.79. The fraction of sp³-hybridized carbons (Fsp3) is 0.241. The molecule has 195 valence electrons. The minimum Gasteiger partial charge on any atom is -0.481 e. The van der Waals surface area contributed by atoms with Gasteiger partial charge in [0.05, 0.1) is 32.3 Å². The van der Waals surface area contributed by atoms with E-state index in [4.69, 9.17) is 17.1 Å². The van der Waals surface area contributed by atoms with E-state index in [1.807, 2.05) is 71.8 Å². The van der Waals surface area contributed by atoms with Crippen molar-refractivity contribution >= 4 is 29.6 Å². The molecule has 0 saturated carbocycles. The van der Waals surface area contributed by atoms with Gasteiger partial charge in [-0.25, -0.2) is 0 Å². The summed E-state index contributed by atoms with van der Waals surface area (Å²) in [5.74, 6) is 0.168. The molecule has 0 bridgehead atoms. The fourth-order valence-corrected chi connectivity index (χ4v) is 5.24. The third-order valence-corrected chi connectivity index (χ3v) is 7.05. The molecule has 4 aromatic rings. The summed E-state index contributed by atoms with van der Waals surface area (Å²) in [5, 5.41) is 12.5. The highest BCUT2D eigenvalue weighted by Gasteiger charge is 2.27. The van der Waals surface area contributed by atoms with Gasteiger partial charge in [-0.15, -0.1) is 5.10 Å². The van der Waals surface area contributed by atoms with Crippen molar-refractivity contribution in [3.63, 3.8) is 0 Å². The van der Waals surface area contributed by atoms with Gasteiger partial charge in [-0.2, -0.15) is 9.25 Å². The molecule has 0 amide bonds. The van der Waals surface area contributed by atoms with Crippen LogP contribution in [-0.4, -0.2) is 20.9 Å². The number of aryl methyl sites for hydroxylation is 1. The third-order valence-electron chi connectivity index (χ3n) is 6.77. The molecule has 2 heterocycles. The highest BCUT2D eigenvalue weighted by Crippen LogP contribution is 2.35. The fourth-order valence-electron chi connectivity index (χ4n) is 4.86. The van der Waals surface area contributed by atoms with Gasteiger partial charge in [-0.3, -0.25) is 15.1 Å². The first kappa shape index (κ1) is 25.7. The number of aromatic nitrogens is 3. The Labute approximate surface area is 227 Å². The van der Waals surface area contributed by atoms with E-state index in [-0.39, 0.29) is 12.3 Å². The highest BCUT2D eigenvalue weighted by atomic mass is 32.1. The first-order valence-electron chi connectivity index (χ1n) is 12.5. The van der Waals surface area contributed by atoms with Crippen LogP contribution in [0.15, 0.2) is 72.8 Å². The van der Waals surface area contributed by atoms with Crippen molar-refractivity contribution in [2.75, 3.05) is 10.4 Å². The van der Waals surface area contributed by atoms with E-state index in [9.17, 15) is 9.90 Å². The van der Waals surface area contributed by atoms with Crippen LogP contribution in [0.25, 0.3) is 5.69 Å². The first-order valence-corrected chi connectivity index (χ1v) is 12.9. The van der Waals surface area contributed by atoms with Gasteiger partial charge in [-0.05, 0) is 59.4 Å². The zero-order chi connectivity index (χ0) is 26.6. The summed E-state index contributed by atoms with van der Waals surface area (Å²) in [4.78, 5) is 19.4. The number of aliphatic carboxylic acids is 1. The molecule has 1 aliphatic rings. The maximum absolute atomic E-state index is 11.4. The second kappa shape index (κ2) is 11.2. The number of nitrogens with zero attached hydrogens (tertiary/aromatic N) is 3. The smallest absolute Gasteiger partial charge is 0.328 e. The molecule has 1 atom stereocenters. The molecular formula is C29H31N5O3S+. The SMILES string of the molecule is Cc1n(C)[nH]c(=S)[n+]1-c1cccc(NOCc2ccc3c(c2)N(Cc2ccccc2)[CH]C(CC(=O)O)C3)c1. The van der Waals surface area contributed by atoms with Crippen molar-refractivity contribution in [1.82, 2.24) is 9.78 Å². The van der Waals surface area contributed by atoms with Gasteiger partial charge in [0.15, 0.2) is 0 Å². The lowest BCUT2D eigenvalue weighted by molar-refractivity contribution is -0.610. The summed E-state index contributed by atoms with van der Waals surface area (Å²) in [6.07, 6.45) is 0.822. The summed E-state index contributed by atoms with van der Waals surface area (Å²) < 4.78 is 4.48. The number of benzene rings is 3. The Hall–Kier alpha value is -3.95. The maximum atomic E-state index is 11.4. The van der Waals surface area contributed by atoms with Crippen LogP contribution in [0, 0.1) is 24.2 Å². The standard InChI is InChI=1S/C29H30N5O3S/c1-20-32(2)30-29(38)34(20)26-10-6-9-25(16-26)31-37-19-22-11-12-24-13-23(15-28(35)36)18-33(27(24)14-22)17-21-7-4-3-5-8-21/h3-12,14,16,18,23,31H,13,15,17,19H2,1-2H3,(H-,30,35,36,38)/p+1. The Balaban J connectivity index is 1.30. The average molecular weight is 530 g/mol. The van der Waals surface area contributed by atoms with Crippen molar-refractivity contribution in [2.45, 2.75) is 32.9 Å². The van der Waals surface area contributed by atoms with Crippen LogP contribution < -0.4 is 14.9 Å². The van der Waals surface area contributed by atoms with Gasteiger partial charge in [0.2, 0.25) is 5.82 Å². The van der Waals surface area contributed by atoms with Gasteiger partial charge >= 0.3 is 10.7 Å².